The minimum Gasteiger partial charge on any atom is -0.508 e. The third-order valence-electron chi connectivity index (χ3n) is 11.4. The van der Waals surface area contributed by atoms with Crippen LogP contribution in [0.4, 0.5) is 25.1 Å². The van der Waals surface area contributed by atoms with Gasteiger partial charge in [0.2, 0.25) is 5.91 Å². The van der Waals surface area contributed by atoms with E-state index in [2.05, 4.69) is 36.3 Å². The molecule has 3 N–H and O–H groups in total. The minimum absolute atomic E-state index is 0.00296. The molecule has 0 spiro atoms. The molecule has 4 saturated heterocycles. The Hall–Kier alpha value is -5.91. The molecule has 9 rings (SSSR count). The second-order valence-electron chi connectivity index (χ2n) is 15.1. The lowest BCUT2D eigenvalue weighted by atomic mass is 9.96. The van der Waals surface area contributed by atoms with E-state index in [1.807, 2.05) is 24.3 Å². The lowest BCUT2D eigenvalue weighted by Crippen LogP contribution is -2.51. The smallest absolute Gasteiger partial charge is 0.328 e. The van der Waals surface area contributed by atoms with E-state index in [1.54, 1.807) is 4.90 Å². The molecule has 0 radical (unpaired) electrons. The maximum absolute atomic E-state index is 17.0. The molecule has 0 unspecified atom stereocenters. The fourth-order valence-corrected chi connectivity index (χ4v) is 8.73. The van der Waals surface area contributed by atoms with Gasteiger partial charge >= 0.3 is 12.0 Å². The minimum atomic E-state index is -0.765. The predicted molar refractivity (Wildman–Crippen MR) is 207 cm³/mol. The van der Waals surface area contributed by atoms with Gasteiger partial charge in [-0.25, -0.2) is 13.6 Å². The monoisotopic (exact) mass is 758 g/mol. The van der Waals surface area contributed by atoms with E-state index >= 15 is 4.39 Å². The van der Waals surface area contributed by atoms with Gasteiger partial charge in [0.15, 0.2) is 5.82 Å². The standard InChI is InChI=1S/C42H40F2N8O4/c1-2-31-34(43)12-9-25-17-30(53)18-32(36(25)31)38-37(44)39-33(19-45-38)40(51-21-26-10-11-27(22-51)46-26)49-41(48-39)56-23-29-7-3-4-14-50(29)20-24-6-5-8-28(16-24)52-15-13-35(54)47-42(52)55/h1,5-6,8-9,12,16-19,26-27,29,46,53H,3-4,7,10-11,13-15,20-23H2,(H,47,54,55)/t26-,27+,29-/m0/s1. The Morgan fingerprint density at radius 2 is 1.84 bits per heavy atom. The van der Waals surface area contributed by atoms with Crippen LogP contribution in [0.15, 0.2) is 54.7 Å². The molecule has 5 aromatic rings. The zero-order valence-electron chi connectivity index (χ0n) is 30.6. The summed E-state index contributed by atoms with van der Waals surface area (Å²) in [5.74, 6) is 1.08. The highest BCUT2D eigenvalue weighted by Gasteiger charge is 2.35. The Morgan fingerprint density at radius 3 is 2.64 bits per heavy atom. The molecule has 4 aliphatic heterocycles. The topological polar surface area (TPSA) is 136 Å². The number of hydrogen-bond donors (Lipinski definition) is 3. The molecule has 0 saturated carbocycles. The van der Waals surface area contributed by atoms with Crippen LogP contribution in [0.2, 0.25) is 0 Å². The highest BCUT2D eigenvalue weighted by Crippen LogP contribution is 2.39. The second kappa shape index (κ2) is 14.6. The van der Waals surface area contributed by atoms with Crippen molar-refractivity contribution in [1.29, 1.82) is 0 Å². The highest BCUT2D eigenvalue weighted by molar-refractivity contribution is 6.06. The summed E-state index contributed by atoms with van der Waals surface area (Å²) in [5, 5.41) is 17.8. The number of benzene rings is 3. The first-order valence-electron chi connectivity index (χ1n) is 19.1. The third kappa shape index (κ3) is 6.71. The number of fused-ring (bicyclic) bond motifs is 4. The molecular weight excluding hydrogens is 719 g/mol. The average Bonchev–Trinajstić information content (AvgIpc) is 3.54. The number of hydrogen-bond acceptors (Lipinski definition) is 10. The van der Waals surface area contributed by atoms with E-state index in [-0.39, 0.29) is 76.5 Å². The Bertz CT molecular complexity index is 2430. The van der Waals surface area contributed by atoms with Gasteiger partial charge in [-0.2, -0.15) is 9.97 Å². The number of ether oxygens (including phenoxy) is 1. The number of rotatable bonds is 8. The first-order valence-corrected chi connectivity index (χ1v) is 19.1. The Labute approximate surface area is 321 Å². The van der Waals surface area contributed by atoms with Gasteiger partial charge in [-0.1, -0.05) is 30.5 Å². The number of terminal acetylenes is 1. The van der Waals surface area contributed by atoms with Crippen molar-refractivity contribution >= 4 is 45.1 Å². The molecule has 286 valence electrons. The normalized spacial score (nSPS) is 21.4. The van der Waals surface area contributed by atoms with Crippen molar-refractivity contribution in [2.45, 2.75) is 63.2 Å². The number of imide groups is 1. The number of pyridine rings is 1. The summed E-state index contributed by atoms with van der Waals surface area (Å²) in [7, 11) is 0. The molecule has 4 fully saturated rings. The molecule has 2 bridgehead atoms. The molecule has 0 aliphatic carbocycles. The summed E-state index contributed by atoms with van der Waals surface area (Å²) in [4.78, 5) is 44.4. The van der Waals surface area contributed by atoms with Crippen molar-refractivity contribution in [3.8, 4) is 35.4 Å². The number of phenolic OH excluding ortho intramolecular Hbond substituents is 1. The van der Waals surface area contributed by atoms with Crippen molar-refractivity contribution in [1.82, 2.24) is 30.5 Å². The first-order chi connectivity index (χ1) is 27.2. The molecular formula is C42H40F2N8O4. The van der Waals surface area contributed by atoms with Crippen LogP contribution in [-0.4, -0.2) is 87.8 Å². The van der Waals surface area contributed by atoms with Crippen LogP contribution in [0.3, 0.4) is 0 Å². The van der Waals surface area contributed by atoms with Crippen LogP contribution in [-0.2, 0) is 11.3 Å². The van der Waals surface area contributed by atoms with Crippen LogP contribution < -0.4 is 25.2 Å². The Morgan fingerprint density at radius 1 is 1.00 bits per heavy atom. The predicted octanol–water partition coefficient (Wildman–Crippen LogP) is 5.63. The van der Waals surface area contributed by atoms with Crippen LogP contribution in [0.25, 0.3) is 32.9 Å². The van der Waals surface area contributed by atoms with Gasteiger partial charge in [-0.3, -0.25) is 24.9 Å². The van der Waals surface area contributed by atoms with Gasteiger partial charge in [-0.05, 0) is 73.5 Å². The third-order valence-corrected chi connectivity index (χ3v) is 11.4. The summed E-state index contributed by atoms with van der Waals surface area (Å²) in [6.45, 7) is 3.40. The van der Waals surface area contributed by atoms with Gasteiger partial charge < -0.3 is 20.1 Å². The number of phenols is 1. The molecule has 14 heteroatoms. The number of carbonyl (C=O) groups is 2. The van der Waals surface area contributed by atoms with Crippen LogP contribution in [0, 0.1) is 24.0 Å². The molecule has 3 atom stereocenters. The van der Waals surface area contributed by atoms with Crippen molar-refractivity contribution in [2.75, 3.05) is 42.6 Å². The maximum atomic E-state index is 17.0. The molecule has 56 heavy (non-hydrogen) atoms. The van der Waals surface area contributed by atoms with Gasteiger partial charge in [0, 0.05) is 73.6 Å². The fraction of sp³-hybridized carbons (Fsp3) is 0.357. The van der Waals surface area contributed by atoms with Gasteiger partial charge in [0.1, 0.15) is 35.2 Å². The number of halogens is 2. The van der Waals surface area contributed by atoms with Crippen molar-refractivity contribution < 1.29 is 28.2 Å². The summed E-state index contributed by atoms with van der Waals surface area (Å²) in [5.41, 5.74) is 1.70. The Kier molecular flexibility index (Phi) is 9.35. The molecule has 3 aromatic carbocycles. The van der Waals surface area contributed by atoms with E-state index in [9.17, 15) is 19.1 Å². The highest BCUT2D eigenvalue weighted by atomic mass is 19.1. The fourth-order valence-electron chi connectivity index (χ4n) is 8.73. The van der Waals surface area contributed by atoms with Crippen LogP contribution in [0.1, 0.15) is 49.7 Å². The lowest BCUT2D eigenvalue weighted by molar-refractivity contribution is -0.120. The zero-order valence-corrected chi connectivity index (χ0v) is 30.6. The number of aromatic hydroxyl groups is 1. The number of nitrogens with one attached hydrogen (secondary N) is 2. The number of nitrogens with zero attached hydrogens (tertiary/aromatic N) is 6. The van der Waals surface area contributed by atoms with E-state index in [0.29, 0.717) is 42.8 Å². The SMILES string of the molecule is C#Cc1c(F)ccc2cc(O)cc(-c3ncc4c(N5C[C@H]6CC[C@@H](C5)N6)nc(OC[C@@H]5CCCCN5Cc5cccc(N6CCC(=O)NC6=O)c5)nc4c3F)c12. The van der Waals surface area contributed by atoms with E-state index in [4.69, 9.17) is 16.1 Å². The van der Waals surface area contributed by atoms with Crippen LogP contribution >= 0.6 is 0 Å². The summed E-state index contributed by atoms with van der Waals surface area (Å²) in [6, 6.07) is 13.4. The number of likely N-dealkylation sites (tertiary alicyclic amines) is 1. The van der Waals surface area contributed by atoms with E-state index in [0.717, 1.165) is 49.9 Å². The number of aromatic nitrogens is 3. The van der Waals surface area contributed by atoms with Crippen LogP contribution in [0.5, 0.6) is 11.8 Å². The summed E-state index contributed by atoms with van der Waals surface area (Å²) >= 11 is 0. The van der Waals surface area contributed by atoms with Gasteiger partial charge in [0.05, 0.1) is 10.9 Å². The Balaban J connectivity index is 1.05. The van der Waals surface area contributed by atoms with E-state index < -0.39 is 17.7 Å². The largest absolute Gasteiger partial charge is 0.508 e. The zero-order chi connectivity index (χ0) is 38.5. The van der Waals surface area contributed by atoms with Gasteiger partial charge in [-0.15, -0.1) is 6.42 Å². The molecule has 2 aromatic heterocycles. The first kappa shape index (κ1) is 35.8. The maximum Gasteiger partial charge on any atom is 0.328 e. The van der Waals surface area contributed by atoms with Crippen molar-refractivity contribution in [3.63, 3.8) is 0 Å². The average molecular weight is 759 g/mol. The number of carbonyl (C=O) groups excluding carboxylic acids is 2. The number of piperazine rings is 1. The molecule has 6 heterocycles. The summed E-state index contributed by atoms with van der Waals surface area (Å²) < 4.78 is 38.4. The van der Waals surface area contributed by atoms with Crippen molar-refractivity contribution in [3.05, 3.63) is 77.5 Å². The van der Waals surface area contributed by atoms with E-state index in [1.165, 1.54) is 30.5 Å². The van der Waals surface area contributed by atoms with Crippen molar-refractivity contribution in [2.24, 2.45) is 0 Å². The number of piperidine rings is 1. The second-order valence-corrected chi connectivity index (χ2v) is 15.1. The van der Waals surface area contributed by atoms with Gasteiger partial charge in [0.25, 0.3) is 0 Å². The lowest BCUT2D eigenvalue weighted by Gasteiger charge is -2.36. The molecule has 4 aliphatic rings. The number of anilines is 2. The number of urea groups is 1. The molecule has 12 nitrogen and oxygen atoms in total. The quantitative estimate of drug-likeness (QED) is 0.171. The molecule has 3 amide bonds. The summed E-state index contributed by atoms with van der Waals surface area (Å²) in [6.07, 6.45) is 12.5. The number of amides is 3.